The first-order chi connectivity index (χ1) is 8.36. The maximum atomic E-state index is 4.57. The van der Waals surface area contributed by atoms with Gasteiger partial charge in [-0.05, 0) is 30.7 Å². The summed E-state index contributed by atoms with van der Waals surface area (Å²) in [4.78, 5) is 4.57. The van der Waals surface area contributed by atoms with E-state index in [9.17, 15) is 0 Å². The molecule has 0 bridgehead atoms. The summed E-state index contributed by atoms with van der Waals surface area (Å²) < 4.78 is 0. The predicted octanol–water partition coefficient (Wildman–Crippen LogP) is 4.53. The molecule has 0 aromatic heterocycles. The van der Waals surface area contributed by atoms with Crippen molar-refractivity contribution in [2.24, 2.45) is 10.9 Å². The summed E-state index contributed by atoms with van der Waals surface area (Å²) in [6.07, 6.45) is 9.34. The summed E-state index contributed by atoms with van der Waals surface area (Å²) >= 11 is 0. The van der Waals surface area contributed by atoms with Crippen LogP contribution in [0, 0.1) is 12.3 Å². The van der Waals surface area contributed by atoms with Crippen LogP contribution in [0.15, 0.2) is 35.3 Å². The Hall–Kier alpha value is -1.11. The van der Waals surface area contributed by atoms with Gasteiger partial charge in [0.25, 0.3) is 0 Å². The number of hydrogen-bond acceptors (Lipinski definition) is 1. The molecule has 93 valence electrons. The second-order valence-electron chi connectivity index (χ2n) is 4.56. The third kappa shape index (κ3) is 6.25. The zero-order valence-electron chi connectivity index (χ0n) is 11.1. The van der Waals surface area contributed by atoms with E-state index in [1.54, 1.807) is 0 Å². The van der Waals surface area contributed by atoms with Gasteiger partial charge in [0.15, 0.2) is 0 Å². The molecule has 0 aliphatic heterocycles. The maximum absolute atomic E-state index is 4.57. The van der Waals surface area contributed by atoms with Crippen LogP contribution < -0.4 is 0 Å². The third-order valence-corrected chi connectivity index (χ3v) is 2.94. The summed E-state index contributed by atoms with van der Waals surface area (Å²) in [6.45, 7) is 5.35. The number of rotatable bonds is 8. The quantitative estimate of drug-likeness (QED) is 0.582. The van der Waals surface area contributed by atoms with E-state index in [2.05, 4.69) is 49.5 Å². The molecule has 0 saturated carbocycles. The molecule has 0 N–H and O–H groups in total. The lowest BCUT2D eigenvalue weighted by Gasteiger charge is -2.12. The third-order valence-electron chi connectivity index (χ3n) is 2.94. The first-order valence-corrected chi connectivity index (χ1v) is 6.69. The summed E-state index contributed by atoms with van der Waals surface area (Å²) in [5.41, 5.74) is 1.20. The molecular weight excluding hydrogens is 206 g/mol. The van der Waals surface area contributed by atoms with Crippen molar-refractivity contribution in [2.45, 2.75) is 39.5 Å². The van der Waals surface area contributed by atoms with Crippen LogP contribution in [0.2, 0.25) is 0 Å². The minimum Gasteiger partial charge on any atom is -0.292 e. The molecule has 1 aromatic carbocycles. The highest BCUT2D eigenvalue weighted by Gasteiger charge is 2.05. The van der Waals surface area contributed by atoms with E-state index >= 15 is 0 Å². The van der Waals surface area contributed by atoms with Gasteiger partial charge in [-0.3, -0.25) is 4.99 Å². The summed E-state index contributed by atoms with van der Waals surface area (Å²) in [5, 5.41) is 0. The molecule has 0 spiro atoms. The Morgan fingerprint density at radius 3 is 2.65 bits per heavy atom. The molecule has 17 heavy (non-hydrogen) atoms. The van der Waals surface area contributed by atoms with Gasteiger partial charge >= 0.3 is 0 Å². The van der Waals surface area contributed by atoms with Crippen LogP contribution >= 0.6 is 0 Å². The van der Waals surface area contributed by atoms with Gasteiger partial charge in [0.2, 0.25) is 0 Å². The van der Waals surface area contributed by atoms with Gasteiger partial charge in [-0.15, -0.1) is 0 Å². The highest BCUT2D eigenvalue weighted by atomic mass is 14.7. The molecule has 1 aromatic rings. The monoisotopic (exact) mass is 230 g/mol. The average Bonchev–Trinajstić information content (AvgIpc) is 2.37. The molecule has 0 heterocycles. The van der Waals surface area contributed by atoms with Crippen LogP contribution in [0.3, 0.4) is 0 Å². The maximum Gasteiger partial charge on any atom is 0.0417 e. The molecule has 0 aliphatic rings. The highest BCUT2D eigenvalue weighted by molar-refractivity contribution is 5.79. The van der Waals surface area contributed by atoms with Gasteiger partial charge in [-0.1, -0.05) is 57.0 Å². The second-order valence-corrected chi connectivity index (χ2v) is 4.56. The molecular formula is C16H24N. The number of benzene rings is 1. The molecule has 0 amide bonds. The van der Waals surface area contributed by atoms with Crippen molar-refractivity contribution in [1.82, 2.24) is 0 Å². The lowest BCUT2D eigenvalue weighted by Crippen LogP contribution is -2.05. The fourth-order valence-corrected chi connectivity index (χ4v) is 1.96. The molecule has 0 fully saturated rings. The first-order valence-electron chi connectivity index (χ1n) is 6.69. The van der Waals surface area contributed by atoms with Crippen molar-refractivity contribution in [3.63, 3.8) is 0 Å². The van der Waals surface area contributed by atoms with Crippen LogP contribution in [0.5, 0.6) is 0 Å². The summed E-state index contributed by atoms with van der Waals surface area (Å²) in [7, 11) is 0. The van der Waals surface area contributed by atoms with Crippen molar-refractivity contribution in [1.29, 1.82) is 0 Å². The molecule has 1 rings (SSSR count). The van der Waals surface area contributed by atoms with Crippen LogP contribution in [-0.2, 0) is 0 Å². The SMILES string of the molecule is C[CH]CC(CCCC)CN=Cc1ccccc1. The molecule has 1 heteroatoms. The topological polar surface area (TPSA) is 12.4 Å². The van der Waals surface area contributed by atoms with Crippen LogP contribution in [0.4, 0.5) is 0 Å². The molecule has 1 atom stereocenters. The molecule has 1 unspecified atom stereocenters. The van der Waals surface area contributed by atoms with Crippen molar-refractivity contribution < 1.29 is 0 Å². The largest absolute Gasteiger partial charge is 0.292 e. The Morgan fingerprint density at radius 2 is 2.00 bits per heavy atom. The first kappa shape index (κ1) is 14.0. The minimum atomic E-state index is 0.722. The van der Waals surface area contributed by atoms with Gasteiger partial charge in [0.05, 0.1) is 0 Å². The van der Waals surface area contributed by atoms with Gasteiger partial charge in [-0.2, -0.15) is 0 Å². The van der Waals surface area contributed by atoms with Crippen molar-refractivity contribution in [2.75, 3.05) is 6.54 Å². The van der Waals surface area contributed by atoms with Gasteiger partial charge in [-0.25, -0.2) is 0 Å². The van der Waals surface area contributed by atoms with E-state index < -0.39 is 0 Å². The molecule has 0 saturated heterocycles. The molecule has 1 radical (unpaired) electrons. The van der Waals surface area contributed by atoms with Crippen molar-refractivity contribution >= 4 is 6.21 Å². The van der Waals surface area contributed by atoms with E-state index in [1.807, 2.05) is 12.3 Å². The Morgan fingerprint density at radius 1 is 1.24 bits per heavy atom. The summed E-state index contributed by atoms with van der Waals surface area (Å²) in [5.74, 6) is 0.722. The van der Waals surface area contributed by atoms with Crippen LogP contribution in [0.1, 0.15) is 45.1 Å². The van der Waals surface area contributed by atoms with Crippen molar-refractivity contribution in [3.8, 4) is 0 Å². The highest BCUT2D eigenvalue weighted by Crippen LogP contribution is 2.14. The fraction of sp³-hybridized carbons (Fsp3) is 0.500. The smallest absolute Gasteiger partial charge is 0.0417 e. The van der Waals surface area contributed by atoms with Crippen LogP contribution in [-0.4, -0.2) is 12.8 Å². The standard InChI is InChI=1S/C16H24N/c1-3-5-10-15(9-4-2)13-17-14-16-11-7-6-8-12-16/h4,6-8,11-12,14-15H,3,5,9-10,13H2,1-2H3. The summed E-state index contributed by atoms with van der Waals surface area (Å²) in [6, 6.07) is 10.3. The Kier molecular flexibility index (Phi) is 7.37. The molecule has 1 nitrogen and oxygen atoms in total. The van der Waals surface area contributed by atoms with E-state index in [-0.39, 0.29) is 0 Å². The van der Waals surface area contributed by atoms with Crippen LogP contribution in [0.25, 0.3) is 0 Å². The zero-order valence-corrected chi connectivity index (χ0v) is 11.1. The van der Waals surface area contributed by atoms with E-state index in [0.717, 1.165) is 12.5 Å². The number of unbranched alkanes of at least 4 members (excludes halogenated alkanes) is 1. The number of nitrogens with zero attached hydrogens (tertiary/aromatic N) is 1. The second kappa shape index (κ2) is 8.98. The minimum absolute atomic E-state index is 0.722. The Labute approximate surface area is 106 Å². The lowest BCUT2D eigenvalue weighted by atomic mass is 9.97. The van der Waals surface area contributed by atoms with E-state index in [1.165, 1.54) is 31.2 Å². The van der Waals surface area contributed by atoms with Gasteiger partial charge in [0, 0.05) is 12.8 Å². The number of hydrogen-bond donors (Lipinski definition) is 0. The van der Waals surface area contributed by atoms with Gasteiger partial charge < -0.3 is 0 Å². The van der Waals surface area contributed by atoms with E-state index in [4.69, 9.17) is 0 Å². The average molecular weight is 230 g/mol. The lowest BCUT2D eigenvalue weighted by molar-refractivity contribution is 0.470. The van der Waals surface area contributed by atoms with Gasteiger partial charge in [0.1, 0.15) is 0 Å². The predicted molar refractivity (Wildman–Crippen MR) is 76.5 cm³/mol. The zero-order chi connectivity index (χ0) is 12.3. The molecule has 0 aliphatic carbocycles. The fourth-order valence-electron chi connectivity index (χ4n) is 1.96. The Bertz CT molecular complexity index is 303. The van der Waals surface area contributed by atoms with Crippen molar-refractivity contribution in [3.05, 3.63) is 42.3 Å². The number of aliphatic imine (C=N–C) groups is 1. The Balaban J connectivity index is 2.37. The van der Waals surface area contributed by atoms with E-state index in [0.29, 0.717) is 0 Å². The normalized spacial score (nSPS) is 13.1.